The summed E-state index contributed by atoms with van der Waals surface area (Å²) in [7, 11) is 0. The van der Waals surface area contributed by atoms with E-state index in [9.17, 15) is 13.6 Å². The molecule has 1 saturated heterocycles. The maximum absolute atomic E-state index is 12.5. The molecule has 0 unspecified atom stereocenters. The molecule has 0 bridgehead atoms. The van der Waals surface area contributed by atoms with Gasteiger partial charge in [0.15, 0.2) is 11.5 Å². The van der Waals surface area contributed by atoms with E-state index in [1.165, 1.54) is 0 Å². The average Bonchev–Trinajstić information content (AvgIpc) is 3.16. The number of thioether (sulfide) groups is 1. The van der Waals surface area contributed by atoms with Crippen LogP contribution in [0.25, 0.3) is 0 Å². The monoisotopic (exact) mass is 420 g/mol. The summed E-state index contributed by atoms with van der Waals surface area (Å²) in [5.41, 5.74) is 1.72. The Balaban J connectivity index is 1.37. The number of hydrogen-bond acceptors (Lipinski definition) is 5. The molecule has 0 aliphatic carbocycles. The van der Waals surface area contributed by atoms with Crippen molar-refractivity contribution < 1.29 is 23.0 Å². The van der Waals surface area contributed by atoms with Crippen molar-refractivity contribution in [1.82, 2.24) is 4.90 Å². The van der Waals surface area contributed by atoms with Crippen LogP contribution in [0.15, 0.2) is 47.4 Å². The second-order valence-electron chi connectivity index (χ2n) is 6.98. The first kappa shape index (κ1) is 20.0. The number of ether oxygens (including phenoxy) is 2. The number of rotatable bonds is 6. The Morgan fingerprint density at radius 1 is 1.14 bits per heavy atom. The normalized spacial score (nSPS) is 18.8. The molecule has 2 aliphatic heterocycles. The van der Waals surface area contributed by atoms with Crippen LogP contribution in [-0.2, 0) is 4.79 Å². The second kappa shape index (κ2) is 9.00. The molecule has 1 atom stereocenters. The van der Waals surface area contributed by atoms with Crippen LogP contribution >= 0.6 is 11.8 Å². The first-order valence-electron chi connectivity index (χ1n) is 9.57. The number of anilines is 1. The van der Waals surface area contributed by atoms with Crippen molar-refractivity contribution in [2.45, 2.75) is 29.5 Å². The SMILES string of the molecule is O=C(CN1CCC[C@H]1c1ccc2c(c1)OCCO2)Nc1ccc(SC(F)F)cc1. The number of nitrogens with zero attached hydrogens (tertiary/aromatic N) is 1. The Morgan fingerprint density at radius 2 is 1.90 bits per heavy atom. The third-order valence-electron chi connectivity index (χ3n) is 5.02. The molecule has 0 radical (unpaired) electrons. The number of carbonyl (C=O) groups is 1. The van der Waals surface area contributed by atoms with Gasteiger partial charge in [-0.15, -0.1) is 0 Å². The second-order valence-corrected chi connectivity index (χ2v) is 8.05. The summed E-state index contributed by atoms with van der Waals surface area (Å²) in [5, 5.41) is 2.85. The lowest BCUT2D eigenvalue weighted by atomic mass is 10.0. The Kier molecular flexibility index (Phi) is 6.20. The molecule has 5 nitrogen and oxygen atoms in total. The van der Waals surface area contributed by atoms with Crippen molar-refractivity contribution in [2.75, 3.05) is 31.6 Å². The van der Waals surface area contributed by atoms with E-state index in [2.05, 4.69) is 10.2 Å². The lowest BCUT2D eigenvalue weighted by Gasteiger charge is -2.26. The predicted octanol–water partition coefficient (Wildman–Crippen LogP) is 4.55. The molecule has 0 spiro atoms. The molecule has 2 aromatic carbocycles. The number of halogens is 2. The van der Waals surface area contributed by atoms with E-state index in [4.69, 9.17) is 9.47 Å². The lowest BCUT2D eigenvalue weighted by molar-refractivity contribution is -0.117. The van der Waals surface area contributed by atoms with Crippen molar-refractivity contribution in [3.05, 3.63) is 48.0 Å². The number of hydrogen-bond donors (Lipinski definition) is 1. The quantitative estimate of drug-likeness (QED) is 0.695. The number of likely N-dealkylation sites (tertiary alicyclic amines) is 1. The Morgan fingerprint density at radius 3 is 2.66 bits per heavy atom. The Bertz CT molecular complexity index is 864. The Labute approximate surface area is 172 Å². The van der Waals surface area contributed by atoms with Crippen LogP contribution in [0.3, 0.4) is 0 Å². The molecular weight excluding hydrogens is 398 g/mol. The maximum Gasteiger partial charge on any atom is 0.288 e. The fourth-order valence-electron chi connectivity index (χ4n) is 3.76. The summed E-state index contributed by atoms with van der Waals surface area (Å²) in [5.74, 6) is -1.06. The molecule has 1 N–H and O–H groups in total. The predicted molar refractivity (Wildman–Crippen MR) is 108 cm³/mol. The summed E-state index contributed by atoms with van der Waals surface area (Å²) < 4.78 is 36.1. The van der Waals surface area contributed by atoms with E-state index in [0.29, 0.717) is 35.6 Å². The van der Waals surface area contributed by atoms with Gasteiger partial charge in [-0.1, -0.05) is 17.8 Å². The van der Waals surface area contributed by atoms with Crippen LogP contribution < -0.4 is 14.8 Å². The van der Waals surface area contributed by atoms with Gasteiger partial charge in [-0.3, -0.25) is 9.69 Å². The number of amides is 1. The summed E-state index contributed by atoms with van der Waals surface area (Å²) in [6.45, 7) is 2.22. The maximum atomic E-state index is 12.5. The van der Waals surface area contributed by atoms with Gasteiger partial charge in [-0.05, 0) is 61.3 Å². The molecule has 1 amide bonds. The third kappa shape index (κ3) is 5.00. The molecule has 2 aliphatic rings. The average molecular weight is 420 g/mol. The van der Waals surface area contributed by atoms with Gasteiger partial charge in [0.1, 0.15) is 13.2 Å². The largest absolute Gasteiger partial charge is 0.486 e. The topological polar surface area (TPSA) is 50.8 Å². The fourth-order valence-corrected chi connectivity index (χ4v) is 4.26. The minimum Gasteiger partial charge on any atom is -0.486 e. The van der Waals surface area contributed by atoms with E-state index in [1.807, 2.05) is 18.2 Å². The number of benzene rings is 2. The molecule has 4 rings (SSSR count). The van der Waals surface area contributed by atoms with Crippen LogP contribution in [-0.4, -0.2) is 42.9 Å². The third-order valence-corrected chi connectivity index (χ3v) is 5.75. The molecule has 154 valence electrons. The number of carbonyl (C=O) groups excluding carboxylic acids is 1. The summed E-state index contributed by atoms with van der Waals surface area (Å²) in [6, 6.07) is 12.6. The van der Waals surface area contributed by atoms with Crippen LogP contribution in [0.1, 0.15) is 24.4 Å². The number of fused-ring (bicyclic) bond motifs is 1. The summed E-state index contributed by atoms with van der Waals surface area (Å²) >= 11 is 0.486. The molecule has 0 aromatic heterocycles. The zero-order valence-corrected chi connectivity index (χ0v) is 16.6. The van der Waals surface area contributed by atoms with Gasteiger partial charge in [0.05, 0.1) is 6.54 Å². The van der Waals surface area contributed by atoms with E-state index < -0.39 is 5.76 Å². The molecule has 2 heterocycles. The van der Waals surface area contributed by atoms with Crippen molar-refractivity contribution in [3.63, 3.8) is 0 Å². The molecular formula is C21H22F2N2O3S. The Hall–Kier alpha value is -2.32. The lowest BCUT2D eigenvalue weighted by Crippen LogP contribution is -2.33. The van der Waals surface area contributed by atoms with E-state index in [1.54, 1.807) is 24.3 Å². The number of nitrogens with one attached hydrogen (secondary N) is 1. The molecule has 8 heteroatoms. The van der Waals surface area contributed by atoms with Gasteiger partial charge >= 0.3 is 0 Å². The first-order valence-corrected chi connectivity index (χ1v) is 10.4. The standard InChI is InChI=1S/C21H22F2N2O3S/c22-21(23)29-16-6-4-15(5-7-16)24-20(26)13-25-9-1-2-17(25)14-3-8-18-19(12-14)28-11-10-27-18/h3-8,12,17,21H,1-2,9-11,13H2,(H,24,26)/t17-/m0/s1. The first-order chi connectivity index (χ1) is 14.1. The van der Waals surface area contributed by atoms with Gasteiger partial charge in [-0.2, -0.15) is 8.78 Å². The van der Waals surface area contributed by atoms with Crippen LogP contribution in [0, 0.1) is 0 Å². The molecule has 29 heavy (non-hydrogen) atoms. The fraction of sp³-hybridized carbons (Fsp3) is 0.381. The minimum atomic E-state index is -2.46. The zero-order valence-electron chi connectivity index (χ0n) is 15.8. The highest BCUT2D eigenvalue weighted by atomic mass is 32.2. The van der Waals surface area contributed by atoms with Crippen LogP contribution in [0.4, 0.5) is 14.5 Å². The van der Waals surface area contributed by atoms with E-state index in [0.717, 1.165) is 36.4 Å². The van der Waals surface area contributed by atoms with Crippen LogP contribution in [0.2, 0.25) is 0 Å². The molecule has 1 fully saturated rings. The van der Waals surface area contributed by atoms with Crippen molar-refractivity contribution >= 4 is 23.4 Å². The van der Waals surface area contributed by atoms with Crippen LogP contribution in [0.5, 0.6) is 11.5 Å². The highest BCUT2D eigenvalue weighted by Crippen LogP contribution is 2.38. The smallest absolute Gasteiger partial charge is 0.288 e. The highest BCUT2D eigenvalue weighted by Gasteiger charge is 2.28. The highest BCUT2D eigenvalue weighted by molar-refractivity contribution is 7.99. The van der Waals surface area contributed by atoms with Gasteiger partial charge in [-0.25, -0.2) is 0 Å². The number of alkyl halides is 2. The van der Waals surface area contributed by atoms with Crippen molar-refractivity contribution in [3.8, 4) is 11.5 Å². The van der Waals surface area contributed by atoms with Gasteiger partial charge in [0.2, 0.25) is 5.91 Å². The van der Waals surface area contributed by atoms with Crippen molar-refractivity contribution in [2.24, 2.45) is 0 Å². The molecule has 0 saturated carbocycles. The summed E-state index contributed by atoms with van der Waals surface area (Å²) in [6.07, 6.45) is 2.00. The minimum absolute atomic E-state index is 0.122. The molecule has 2 aromatic rings. The summed E-state index contributed by atoms with van der Waals surface area (Å²) in [4.78, 5) is 15.1. The van der Waals surface area contributed by atoms with E-state index >= 15 is 0 Å². The van der Waals surface area contributed by atoms with Crippen molar-refractivity contribution in [1.29, 1.82) is 0 Å². The van der Waals surface area contributed by atoms with Gasteiger partial charge < -0.3 is 14.8 Å². The van der Waals surface area contributed by atoms with Gasteiger partial charge in [0, 0.05) is 16.6 Å². The zero-order chi connectivity index (χ0) is 20.2. The van der Waals surface area contributed by atoms with Gasteiger partial charge in [0.25, 0.3) is 5.76 Å². The van der Waals surface area contributed by atoms with E-state index in [-0.39, 0.29) is 18.5 Å².